The van der Waals surface area contributed by atoms with Crippen molar-refractivity contribution in [2.75, 3.05) is 0 Å². The number of para-hydroxylation sites is 1. The van der Waals surface area contributed by atoms with Crippen LogP contribution in [-0.4, -0.2) is 12.1 Å². The van der Waals surface area contributed by atoms with Crippen LogP contribution < -0.4 is 10.5 Å². The minimum absolute atomic E-state index is 0.117. The molecule has 2 heteroatoms. The minimum Gasteiger partial charge on any atom is -0.488 e. The number of aryl methyl sites for hydroxylation is 1. The third kappa shape index (κ3) is 3.02. The van der Waals surface area contributed by atoms with Gasteiger partial charge in [-0.1, -0.05) is 48.5 Å². The van der Waals surface area contributed by atoms with Crippen LogP contribution in [0, 0.1) is 0 Å². The Hall–Kier alpha value is -1.80. The molecule has 0 amide bonds. The molecule has 1 aliphatic rings. The zero-order chi connectivity index (χ0) is 13.8. The van der Waals surface area contributed by atoms with Gasteiger partial charge in [-0.2, -0.15) is 0 Å². The van der Waals surface area contributed by atoms with Crippen LogP contribution in [0.15, 0.2) is 54.6 Å². The summed E-state index contributed by atoms with van der Waals surface area (Å²) in [6.07, 6.45) is 4.30. The Balaban J connectivity index is 1.48. The Labute approximate surface area is 120 Å². The standard InChI is InChI=1S/C18H21NO/c19-16(11-6-9-14-7-2-1-3-8-14)18-13-15-10-4-5-12-17(15)20-18/h1-5,7-8,10,12,16,18H,6,9,11,13,19H2. The molecular weight excluding hydrogens is 246 g/mol. The highest BCUT2D eigenvalue weighted by molar-refractivity contribution is 5.37. The monoisotopic (exact) mass is 267 g/mol. The van der Waals surface area contributed by atoms with E-state index in [0.29, 0.717) is 0 Å². The van der Waals surface area contributed by atoms with Gasteiger partial charge in [0, 0.05) is 12.5 Å². The van der Waals surface area contributed by atoms with Gasteiger partial charge in [-0.15, -0.1) is 0 Å². The zero-order valence-electron chi connectivity index (χ0n) is 11.7. The Morgan fingerprint density at radius 1 is 1.05 bits per heavy atom. The molecule has 2 nitrogen and oxygen atoms in total. The molecule has 2 unspecified atom stereocenters. The predicted molar refractivity (Wildman–Crippen MR) is 81.9 cm³/mol. The molecule has 2 aromatic rings. The Bertz CT molecular complexity index is 527. The molecule has 0 fully saturated rings. The second-order valence-electron chi connectivity index (χ2n) is 5.51. The van der Waals surface area contributed by atoms with Gasteiger partial charge in [0.1, 0.15) is 11.9 Å². The maximum absolute atomic E-state index is 6.30. The minimum atomic E-state index is 0.117. The third-order valence-corrected chi connectivity index (χ3v) is 4.00. The average molecular weight is 267 g/mol. The molecule has 1 aliphatic heterocycles. The van der Waals surface area contributed by atoms with E-state index in [1.165, 1.54) is 11.1 Å². The van der Waals surface area contributed by atoms with E-state index in [1.54, 1.807) is 0 Å². The van der Waals surface area contributed by atoms with Crippen LogP contribution >= 0.6 is 0 Å². The van der Waals surface area contributed by atoms with Gasteiger partial charge in [0.15, 0.2) is 0 Å². The van der Waals surface area contributed by atoms with Crippen LogP contribution in [0.4, 0.5) is 0 Å². The average Bonchev–Trinajstić information content (AvgIpc) is 2.92. The van der Waals surface area contributed by atoms with E-state index < -0.39 is 0 Å². The molecule has 0 bridgehead atoms. The number of hydrogen-bond acceptors (Lipinski definition) is 2. The quantitative estimate of drug-likeness (QED) is 0.901. The predicted octanol–water partition coefficient (Wildman–Crippen LogP) is 3.34. The summed E-state index contributed by atoms with van der Waals surface area (Å²) in [5.74, 6) is 1.01. The first-order valence-corrected chi connectivity index (χ1v) is 7.37. The van der Waals surface area contributed by atoms with Crippen LogP contribution in [0.25, 0.3) is 0 Å². The van der Waals surface area contributed by atoms with E-state index in [0.717, 1.165) is 31.4 Å². The van der Waals surface area contributed by atoms with Crippen LogP contribution in [-0.2, 0) is 12.8 Å². The molecule has 2 aromatic carbocycles. The molecule has 0 radical (unpaired) electrons. The lowest BCUT2D eigenvalue weighted by molar-refractivity contribution is 0.192. The van der Waals surface area contributed by atoms with E-state index >= 15 is 0 Å². The van der Waals surface area contributed by atoms with Gasteiger partial charge in [-0.25, -0.2) is 0 Å². The number of benzene rings is 2. The van der Waals surface area contributed by atoms with Gasteiger partial charge in [0.05, 0.1) is 0 Å². The zero-order valence-corrected chi connectivity index (χ0v) is 11.7. The molecule has 2 atom stereocenters. The highest BCUT2D eigenvalue weighted by atomic mass is 16.5. The topological polar surface area (TPSA) is 35.2 Å². The fraction of sp³-hybridized carbons (Fsp3) is 0.333. The van der Waals surface area contributed by atoms with Crippen LogP contribution in [0.1, 0.15) is 24.0 Å². The molecule has 0 saturated heterocycles. The first-order chi connectivity index (χ1) is 9.83. The first-order valence-electron chi connectivity index (χ1n) is 7.37. The number of hydrogen-bond donors (Lipinski definition) is 1. The third-order valence-electron chi connectivity index (χ3n) is 4.00. The molecule has 104 valence electrons. The molecule has 0 saturated carbocycles. The molecule has 20 heavy (non-hydrogen) atoms. The lowest BCUT2D eigenvalue weighted by Crippen LogP contribution is -2.37. The van der Waals surface area contributed by atoms with E-state index in [9.17, 15) is 0 Å². The van der Waals surface area contributed by atoms with Crippen LogP contribution in [0.5, 0.6) is 5.75 Å². The normalized spacial score (nSPS) is 18.4. The molecular formula is C18H21NO. The summed E-state index contributed by atoms with van der Waals surface area (Å²) in [6.45, 7) is 0. The smallest absolute Gasteiger partial charge is 0.123 e. The van der Waals surface area contributed by atoms with E-state index in [2.05, 4.69) is 42.5 Å². The van der Waals surface area contributed by atoms with Crippen molar-refractivity contribution >= 4 is 0 Å². The fourth-order valence-electron chi connectivity index (χ4n) is 2.82. The van der Waals surface area contributed by atoms with Gasteiger partial charge < -0.3 is 10.5 Å². The lowest BCUT2D eigenvalue weighted by atomic mass is 9.99. The van der Waals surface area contributed by atoms with Crippen molar-refractivity contribution in [3.05, 3.63) is 65.7 Å². The summed E-state index contributed by atoms with van der Waals surface area (Å²) < 4.78 is 5.95. The van der Waals surface area contributed by atoms with E-state index in [1.807, 2.05) is 12.1 Å². The fourth-order valence-corrected chi connectivity index (χ4v) is 2.82. The maximum atomic E-state index is 6.30. The lowest BCUT2D eigenvalue weighted by Gasteiger charge is -2.19. The largest absolute Gasteiger partial charge is 0.488 e. The molecule has 2 N–H and O–H groups in total. The Kier molecular flexibility index (Phi) is 4.03. The van der Waals surface area contributed by atoms with Crippen molar-refractivity contribution in [1.82, 2.24) is 0 Å². The van der Waals surface area contributed by atoms with Gasteiger partial charge in [0.2, 0.25) is 0 Å². The summed E-state index contributed by atoms with van der Waals surface area (Å²) in [7, 11) is 0. The molecule has 0 aromatic heterocycles. The van der Waals surface area contributed by atoms with Gasteiger partial charge in [0.25, 0.3) is 0 Å². The summed E-state index contributed by atoms with van der Waals surface area (Å²) in [5.41, 5.74) is 8.97. The molecule has 1 heterocycles. The molecule has 0 aliphatic carbocycles. The summed E-state index contributed by atoms with van der Waals surface area (Å²) in [4.78, 5) is 0. The maximum Gasteiger partial charge on any atom is 0.123 e. The van der Waals surface area contributed by atoms with Gasteiger partial charge in [-0.3, -0.25) is 0 Å². The Morgan fingerprint density at radius 3 is 2.60 bits per heavy atom. The van der Waals surface area contributed by atoms with Gasteiger partial charge >= 0.3 is 0 Å². The van der Waals surface area contributed by atoms with E-state index in [4.69, 9.17) is 10.5 Å². The van der Waals surface area contributed by atoms with Crippen molar-refractivity contribution < 1.29 is 4.74 Å². The van der Waals surface area contributed by atoms with Crippen LogP contribution in [0.3, 0.4) is 0 Å². The molecule has 3 rings (SSSR count). The van der Waals surface area contributed by atoms with Crippen molar-refractivity contribution in [3.63, 3.8) is 0 Å². The van der Waals surface area contributed by atoms with Crippen molar-refractivity contribution in [1.29, 1.82) is 0 Å². The van der Waals surface area contributed by atoms with Crippen LogP contribution in [0.2, 0.25) is 0 Å². The summed E-state index contributed by atoms with van der Waals surface area (Å²) in [6, 6.07) is 18.9. The summed E-state index contributed by atoms with van der Waals surface area (Å²) in [5, 5.41) is 0. The van der Waals surface area contributed by atoms with Crippen molar-refractivity contribution in [3.8, 4) is 5.75 Å². The number of ether oxygens (including phenoxy) is 1. The number of rotatable bonds is 5. The van der Waals surface area contributed by atoms with Crippen molar-refractivity contribution in [2.24, 2.45) is 5.73 Å². The SMILES string of the molecule is NC(CCCc1ccccc1)C1Cc2ccccc2O1. The highest BCUT2D eigenvalue weighted by Gasteiger charge is 2.27. The molecule has 0 spiro atoms. The summed E-state index contributed by atoms with van der Waals surface area (Å²) >= 11 is 0. The number of fused-ring (bicyclic) bond motifs is 1. The second-order valence-corrected chi connectivity index (χ2v) is 5.51. The van der Waals surface area contributed by atoms with Gasteiger partial charge in [-0.05, 0) is 36.5 Å². The highest BCUT2D eigenvalue weighted by Crippen LogP contribution is 2.29. The number of nitrogens with two attached hydrogens (primary N) is 1. The van der Waals surface area contributed by atoms with Crippen molar-refractivity contribution in [2.45, 2.75) is 37.8 Å². The first kappa shape index (κ1) is 13.2. The second kappa shape index (κ2) is 6.10. The van der Waals surface area contributed by atoms with E-state index in [-0.39, 0.29) is 12.1 Å². The Morgan fingerprint density at radius 2 is 1.80 bits per heavy atom.